The van der Waals surface area contributed by atoms with Crippen molar-refractivity contribution in [1.82, 2.24) is 9.97 Å². The maximum absolute atomic E-state index is 12.2. The van der Waals surface area contributed by atoms with E-state index >= 15 is 0 Å². The van der Waals surface area contributed by atoms with Crippen molar-refractivity contribution in [3.8, 4) is 22.5 Å². The summed E-state index contributed by atoms with van der Waals surface area (Å²) < 4.78 is 1.25. The molecule has 0 bridgehead atoms. The number of carbonyl (C=O) groups excluding carboxylic acids is 1. The fourth-order valence-corrected chi connectivity index (χ4v) is 7.31. The van der Waals surface area contributed by atoms with Crippen molar-refractivity contribution in [3.63, 3.8) is 0 Å². The Hall–Kier alpha value is -3.18. The zero-order valence-corrected chi connectivity index (χ0v) is 35.7. The molecule has 5 rings (SSSR count). The zero-order valence-electron chi connectivity index (χ0n) is 32.5. The number of benzene rings is 2. The van der Waals surface area contributed by atoms with Crippen molar-refractivity contribution in [2.24, 2.45) is 16.7 Å². The summed E-state index contributed by atoms with van der Waals surface area (Å²) in [6, 6.07) is 20.8. The van der Waals surface area contributed by atoms with Crippen LogP contribution in [0, 0.1) is 22.8 Å². The van der Waals surface area contributed by atoms with Crippen LogP contribution >= 0.6 is 11.3 Å². The largest absolute Gasteiger partial charge is 0.512 e. The second-order valence-corrected chi connectivity index (χ2v) is 16.5. The van der Waals surface area contributed by atoms with Gasteiger partial charge in [-0.1, -0.05) is 111 Å². The molecule has 0 fully saturated rings. The smallest absolute Gasteiger partial charge is 0.164 e. The molecule has 0 saturated heterocycles. The van der Waals surface area contributed by atoms with Crippen LogP contribution in [0.2, 0.25) is 0 Å². The normalized spacial score (nSPS) is 12.5. The Balaban J connectivity index is 0.000000335. The maximum Gasteiger partial charge on any atom is 0.164 e. The number of aliphatic hydroxyl groups is 1. The molecule has 3 heterocycles. The second-order valence-electron chi connectivity index (χ2n) is 15.6. The Bertz CT molecular complexity index is 1960. The average Bonchev–Trinajstić information content (AvgIpc) is 3.52. The number of allylic oxidation sites excluding steroid dienone is 2. The Morgan fingerprint density at radius 2 is 1.49 bits per heavy atom. The number of aromatic nitrogens is 2. The Kier molecular flexibility index (Phi) is 14.5. The Morgan fingerprint density at radius 1 is 0.863 bits per heavy atom. The van der Waals surface area contributed by atoms with Crippen molar-refractivity contribution in [2.75, 3.05) is 0 Å². The van der Waals surface area contributed by atoms with E-state index in [1.807, 2.05) is 53.9 Å². The first-order valence-corrected chi connectivity index (χ1v) is 19.2. The third-order valence-electron chi connectivity index (χ3n) is 10.7. The minimum Gasteiger partial charge on any atom is -0.512 e. The van der Waals surface area contributed by atoms with Gasteiger partial charge >= 0.3 is 0 Å². The molecule has 4 nitrogen and oxygen atoms in total. The number of aliphatic hydroxyl groups excluding tert-OH is 1. The number of nitrogens with zero attached hydrogens (tertiary/aromatic N) is 2. The van der Waals surface area contributed by atoms with Crippen molar-refractivity contribution >= 4 is 38.0 Å². The predicted octanol–water partition coefficient (Wildman–Crippen LogP) is 13.1. The van der Waals surface area contributed by atoms with Gasteiger partial charge in [0.1, 0.15) is 5.76 Å². The van der Waals surface area contributed by atoms with E-state index in [1.54, 1.807) is 11.3 Å². The van der Waals surface area contributed by atoms with E-state index in [2.05, 4.69) is 94.6 Å². The molecule has 0 spiro atoms. The van der Waals surface area contributed by atoms with Gasteiger partial charge in [-0.25, -0.2) is 0 Å². The van der Waals surface area contributed by atoms with Gasteiger partial charge in [-0.2, -0.15) is 0 Å². The maximum atomic E-state index is 12.2. The van der Waals surface area contributed by atoms with E-state index in [0.29, 0.717) is 5.92 Å². The summed E-state index contributed by atoms with van der Waals surface area (Å²) in [5.74, 6) is 0.918. The van der Waals surface area contributed by atoms with Crippen molar-refractivity contribution in [3.05, 3.63) is 95.3 Å². The molecule has 2 aromatic carbocycles. The second kappa shape index (κ2) is 17.6. The summed E-state index contributed by atoms with van der Waals surface area (Å²) in [6.45, 7) is 23.4. The first-order chi connectivity index (χ1) is 23.6. The standard InChI is InChI=1S/C30H29N2S.C15H28O2.Ir/c1-19(2)14-23-18-33-29-25(23)11-13-32-28(29)21-10-12-31-27(17-21)22-15-20-8-6-7-9-24(20)26(16-22)30(3,4)5;1-7-14(5,8-2)12(16)11-13(17)15(6,9-3)10-4;/h6-13,16-19H,14H2,1-5H3;11,16H,7-10H2,1-6H3;/q-1;;/b;12-11-;. The summed E-state index contributed by atoms with van der Waals surface area (Å²) in [5, 5.41) is 16.1. The van der Waals surface area contributed by atoms with Crippen LogP contribution in [0.3, 0.4) is 0 Å². The van der Waals surface area contributed by atoms with Gasteiger partial charge in [0.2, 0.25) is 0 Å². The topological polar surface area (TPSA) is 63.1 Å². The molecule has 0 aliphatic rings. The van der Waals surface area contributed by atoms with Gasteiger partial charge in [-0.05, 0) is 77.5 Å². The molecule has 51 heavy (non-hydrogen) atoms. The number of fused-ring (bicyclic) bond motifs is 2. The number of rotatable bonds is 11. The van der Waals surface area contributed by atoms with E-state index < -0.39 is 0 Å². The Labute approximate surface area is 324 Å². The van der Waals surface area contributed by atoms with Crippen LogP contribution in [-0.4, -0.2) is 20.9 Å². The van der Waals surface area contributed by atoms with Gasteiger partial charge in [0.25, 0.3) is 0 Å². The molecule has 5 aromatic rings. The van der Waals surface area contributed by atoms with E-state index in [4.69, 9.17) is 9.97 Å². The van der Waals surface area contributed by atoms with Crippen LogP contribution in [0.1, 0.15) is 113 Å². The minimum atomic E-state index is -0.337. The van der Waals surface area contributed by atoms with E-state index in [9.17, 15) is 9.90 Å². The fourth-order valence-electron chi connectivity index (χ4n) is 6.21. The molecule has 3 aromatic heterocycles. The summed E-state index contributed by atoms with van der Waals surface area (Å²) in [4.78, 5) is 21.7. The third-order valence-corrected chi connectivity index (χ3v) is 11.7. The van der Waals surface area contributed by atoms with Crippen LogP contribution in [0.25, 0.3) is 43.4 Å². The third kappa shape index (κ3) is 9.63. The molecule has 6 heteroatoms. The average molecular weight is 882 g/mol. The summed E-state index contributed by atoms with van der Waals surface area (Å²) in [5.41, 5.74) is 6.25. The van der Waals surface area contributed by atoms with E-state index in [-0.39, 0.29) is 47.9 Å². The quantitative estimate of drug-likeness (QED) is 0.0815. The van der Waals surface area contributed by atoms with Gasteiger partial charge in [-0.3, -0.25) is 14.8 Å². The molecular formula is C45H57IrN2O2S-. The molecule has 0 atom stereocenters. The van der Waals surface area contributed by atoms with Crippen LogP contribution in [0.15, 0.2) is 78.1 Å². The fraction of sp³-hybridized carbons (Fsp3) is 0.444. The van der Waals surface area contributed by atoms with Crippen molar-refractivity contribution in [1.29, 1.82) is 0 Å². The molecule has 0 amide bonds. The molecular weight excluding hydrogens is 825 g/mol. The molecule has 1 N–H and O–H groups in total. The van der Waals surface area contributed by atoms with Crippen molar-refractivity contribution < 1.29 is 30.0 Å². The monoisotopic (exact) mass is 882 g/mol. The van der Waals surface area contributed by atoms with Gasteiger partial charge in [0.05, 0.1) is 10.4 Å². The van der Waals surface area contributed by atoms with Gasteiger partial charge in [-0.15, -0.1) is 40.5 Å². The Morgan fingerprint density at radius 3 is 2.10 bits per heavy atom. The SMILES string of the molecule is CC(C)Cc1csc2c(-c3ccnc(-c4[c-]c5ccccc5c(C(C)(C)C)c4)c3)nccc12.CCC(C)(CC)C(=O)/C=C(\O)C(C)(CC)CC.[Ir]. The minimum absolute atomic E-state index is 0. The van der Waals surface area contributed by atoms with Crippen molar-refractivity contribution in [2.45, 2.75) is 114 Å². The van der Waals surface area contributed by atoms with Crippen LogP contribution in [0.5, 0.6) is 0 Å². The molecule has 275 valence electrons. The molecule has 0 saturated carbocycles. The number of pyridine rings is 2. The number of hydrogen-bond acceptors (Lipinski definition) is 5. The van der Waals surface area contributed by atoms with E-state index in [0.717, 1.165) is 60.0 Å². The molecule has 0 aliphatic heterocycles. The molecule has 0 unspecified atom stereocenters. The zero-order chi connectivity index (χ0) is 36.9. The van der Waals surface area contributed by atoms with E-state index in [1.165, 1.54) is 32.7 Å². The number of hydrogen-bond donors (Lipinski definition) is 1. The van der Waals surface area contributed by atoms with Gasteiger partial charge in [0.15, 0.2) is 5.78 Å². The number of ketones is 1. The number of thiophene rings is 1. The first-order valence-electron chi connectivity index (χ1n) is 18.3. The van der Waals surface area contributed by atoms with Gasteiger partial charge in [0, 0.05) is 55.1 Å². The van der Waals surface area contributed by atoms with Crippen LogP contribution in [0.4, 0.5) is 0 Å². The summed E-state index contributed by atoms with van der Waals surface area (Å²) in [6.07, 6.45) is 9.68. The predicted molar refractivity (Wildman–Crippen MR) is 215 cm³/mol. The van der Waals surface area contributed by atoms with Crippen LogP contribution < -0.4 is 0 Å². The summed E-state index contributed by atoms with van der Waals surface area (Å²) >= 11 is 1.80. The van der Waals surface area contributed by atoms with Crippen LogP contribution in [-0.2, 0) is 36.7 Å². The molecule has 1 radical (unpaired) electrons. The molecule has 0 aliphatic carbocycles. The summed E-state index contributed by atoms with van der Waals surface area (Å²) in [7, 11) is 0. The van der Waals surface area contributed by atoms with Gasteiger partial charge < -0.3 is 5.11 Å². The first kappa shape index (κ1) is 42.2. The number of carbonyl (C=O) groups is 1.